The number of carboxylic acids is 1. The van der Waals surface area contributed by atoms with Crippen molar-refractivity contribution >= 4 is 17.7 Å². The van der Waals surface area contributed by atoms with Crippen molar-refractivity contribution in [2.24, 2.45) is 0 Å². The minimum atomic E-state index is -0.810. The summed E-state index contributed by atoms with van der Waals surface area (Å²) in [6.07, 6.45) is 18.0. The predicted molar refractivity (Wildman–Crippen MR) is 107 cm³/mol. The van der Waals surface area contributed by atoms with Crippen LogP contribution in [0.15, 0.2) is 0 Å². The smallest absolute Gasteiger partial charge is 0.313 e. The van der Waals surface area contributed by atoms with Gasteiger partial charge in [0.05, 0.1) is 11.9 Å². The Morgan fingerprint density at radius 2 is 1.12 bits per heavy atom. The summed E-state index contributed by atoms with van der Waals surface area (Å²) in [5.74, 6) is -0.190. The SMILES string of the molecule is O=C(O)CSCC(O)CCCCCCCCCCCCCCCCO. The summed E-state index contributed by atoms with van der Waals surface area (Å²) < 4.78 is 0. The second-order valence-corrected chi connectivity index (χ2v) is 8.05. The normalized spacial score (nSPS) is 12.4. The number of carboxylic acid groups (broad SMARTS) is 1. The number of rotatable bonds is 20. The van der Waals surface area contributed by atoms with E-state index in [0.29, 0.717) is 12.4 Å². The number of carbonyl (C=O) groups is 1. The van der Waals surface area contributed by atoms with E-state index in [-0.39, 0.29) is 11.9 Å². The summed E-state index contributed by atoms with van der Waals surface area (Å²) in [7, 11) is 0. The highest BCUT2D eigenvalue weighted by Gasteiger charge is 2.05. The Kier molecular flexibility index (Phi) is 19.8. The second-order valence-electron chi connectivity index (χ2n) is 7.02. The lowest BCUT2D eigenvalue weighted by Gasteiger charge is -2.09. The van der Waals surface area contributed by atoms with Gasteiger partial charge < -0.3 is 15.3 Å². The van der Waals surface area contributed by atoms with Crippen LogP contribution in [0.2, 0.25) is 0 Å². The van der Waals surface area contributed by atoms with Gasteiger partial charge in [-0.2, -0.15) is 0 Å². The molecular formula is C20H40O4S. The molecular weight excluding hydrogens is 336 g/mol. The Balaban J connectivity index is 3.10. The first-order valence-electron chi connectivity index (χ1n) is 10.2. The number of aliphatic hydroxyl groups excluding tert-OH is 2. The molecule has 1 unspecified atom stereocenters. The summed E-state index contributed by atoms with van der Waals surface area (Å²) in [5, 5.41) is 27.0. The molecule has 0 radical (unpaired) electrons. The summed E-state index contributed by atoms with van der Waals surface area (Å²) in [6, 6.07) is 0. The van der Waals surface area contributed by atoms with Crippen molar-refractivity contribution in [2.75, 3.05) is 18.1 Å². The Morgan fingerprint density at radius 1 is 0.720 bits per heavy atom. The fourth-order valence-corrected chi connectivity index (χ4v) is 3.71. The van der Waals surface area contributed by atoms with Crippen molar-refractivity contribution in [3.63, 3.8) is 0 Å². The Bertz CT molecular complexity index is 287. The van der Waals surface area contributed by atoms with Crippen LogP contribution in [0.3, 0.4) is 0 Å². The van der Waals surface area contributed by atoms with Crippen molar-refractivity contribution in [3.05, 3.63) is 0 Å². The van der Waals surface area contributed by atoms with Crippen LogP contribution in [0.1, 0.15) is 96.3 Å². The molecule has 150 valence electrons. The highest BCUT2D eigenvalue weighted by molar-refractivity contribution is 7.99. The molecule has 0 saturated heterocycles. The molecule has 0 aliphatic rings. The molecule has 0 aromatic carbocycles. The maximum Gasteiger partial charge on any atom is 0.313 e. The third-order valence-corrected chi connectivity index (χ3v) is 5.55. The first-order valence-corrected chi connectivity index (χ1v) is 11.4. The monoisotopic (exact) mass is 376 g/mol. The fraction of sp³-hybridized carbons (Fsp3) is 0.950. The molecule has 0 saturated carbocycles. The fourth-order valence-electron chi connectivity index (χ4n) is 2.98. The summed E-state index contributed by atoms with van der Waals surface area (Å²) >= 11 is 1.30. The van der Waals surface area contributed by atoms with Crippen molar-refractivity contribution in [2.45, 2.75) is 102 Å². The van der Waals surface area contributed by atoms with E-state index in [1.54, 1.807) is 0 Å². The van der Waals surface area contributed by atoms with Crippen LogP contribution in [0.4, 0.5) is 0 Å². The lowest BCUT2D eigenvalue weighted by atomic mass is 10.0. The Morgan fingerprint density at radius 3 is 1.52 bits per heavy atom. The number of unbranched alkanes of at least 4 members (excludes halogenated alkanes) is 13. The van der Waals surface area contributed by atoms with Crippen molar-refractivity contribution in [1.29, 1.82) is 0 Å². The molecule has 3 N–H and O–H groups in total. The maximum absolute atomic E-state index is 10.4. The molecule has 0 aromatic heterocycles. The molecule has 4 nitrogen and oxygen atoms in total. The van der Waals surface area contributed by atoms with Gasteiger partial charge in [-0.05, 0) is 12.8 Å². The predicted octanol–water partition coefficient (Wildman–Crippen LogP) is 5.01. The largest absolute Gasteiger partial charge is 0.481 e. The van der Waals surface area contributed by atoms with Crippen molar-refractivity contribution in [1.82, 2.24) is 0 Å². The van der Waals surface area contributed by atoms with Crippen LogP contribution >= 0.6 is 11.8 Å². The van der Waals surface area contributed by atoms with E-state index in [1.165, 1.54) is 88.8 Å². The van der Waals surface area contributed by atoms with Gasteiger partial charge >= 0.3 is 5.97 Å². The van der Waals surface area contributed by atoms with Crippen LogP contribution < -0.4 is 0 Å². The number of hydrogen-bond donors (Lipinski definition) is 3. The maximum atomic E-state index is 10.4. The van der Waals surface area contributed by atoms with Gasteiger partial charge in [0.15, 0.2) is 0 Å². The first kappa shape index (κ1) is 24.7. The van der Waals surface area contributed by atoms with Gasteiger partial charge in [-0.1, -0.05) is 83.5 Å². The van der Waals surface area contributed by atoms with Gasteiger partial charge in [-0.25, -0.2) is 0 Å². The van der Waals surface area contributed by atoms with Gasteiger partial charge in [0.2, 0.25) is 0 Å². The van der Waals surface area contributed by atoms with Crippen LogP contribution in [0.25, 0.3) is 0 Å². The zero-order valence-corrected chi connectivity index (χ0v) is 16.8. The van der Waals surface area contributed by atoms with Gasteiger partial charge in [-0.15, -0.1) is 11.8 Å². The lowest BCUT2D eigenvalue weighted by Crippen LogP contribution is -2.11. The number of aliphatic carboxylic acids is 1. The van der Waals surface area contributed by atoms with Crippen LogP contribution in [0.5, 0.6) is 0 Å². The van der Waals surface area contributed by atoms with E-state index >= 15 is 0 Å². The summed E-state index contributed by atoms with van der Waals surface area (Å²) in [4.78, 5) is 10.4. The highest BCUT2D eigenvalue weighted by Crippen LogP contribution is 2.14. The highest BCUT2D eigenvalue weighted by atomic mass is 32.2. The summed E-state index contributed by atoms with van der Waals surface area (Å²) in [5.41, 5.74) is 0. The Labute approximate surface area is 158 Å². The van der Waals surface area contributed by atoms with Crippen LogP contribution in [-0.2, 0) is 4.79 Å². The van der Waals surface area contributed by atoms with Crippen LogP contribution in [-0.4, -0.2) is 45.5 Å². The molecule has 5 heteroatoms. The topological polar surface area (TPSA) is 77.8 Å². The van der Waals surface area contributed by atoms with E-state index in [9.17, 15) is 9.90 Å². The molecule has 0 bridgehead atoms. The summed E-state index contributed by atoms with van der Waals surface area (Å²) in [6.45, 7) is 0.340. The van der Waals surface area contributed by atoms with E-state index in [0.717, 1.165) is 19.3 Å². The molecule has 0 spiro atoms. The zero-order chi connectivity index (χ0) is 18.6. The quantitative estimate of drug-likeness (QED) is 0.260. The van der Waals surface area contributed by atoms with E-state index < -0.39 is 5.97 Å². The van der Waals surface area contributed by atoms with Gasteiger partial charge in [-0.3, -0.25) is 4.79 Å². The molecule has 0 rings (SSSR count). The molecule has 0 aliphatic carbocycles. The minimum absolute atomic E-state index is 0.0841. The molecule has 0 aromatic rings. The average molecular weight is 377 g/mol. The van der Waals surface area contributed by atoms with E-state index in [1.807, 2.05) is 0 Å². The number of hydrogen-bond acceptors (Lipinski definition) is 4. The number of thioether (sulfide) groups is 1. The van der Waals surface area contributed by atoms with Crippen molar-refractivity contribution in [3.8, 4) is 0 Å². The minimum Gasteiger partial charge on any atom is -0.481 e. The third kappa shape index (κ3) is 21.7. The molecule has 0 aliphatic heterocycles. The molecule has 0 heterocycles. The van der Waals surface area contributed by atoms with E-state index in [2.05, 4.69) is 0 Å². The van der Waals surface area contributed by atoms with E-state index in [4.69, 9.17) is 10.2 Å². The van der Waals surface area contributed by atoms with Crippen LogP contribution in [0, 0.1) is 0 Å². The van der Waals surface area contributed by atoms with Gasteiger partial charge in [0, 0.05) is 12.4 Å². The first-order chi connectivity index (χ1) is 12.2. The van der Waals surface area contributed by atoms with Crippen molar-refractivity contribution < 1.29 is 20.1 Å². The van der Waals surface area contributed by atoms with Gasteiger partial charge in [0.1, 0.15) is 0 Å². The van der Waals surface area contributed by atoms with Gasteiger partial charge in [0.25, 0.3) is 0 Å². The molecule has 0 amide bonds. The lowest BCUT2D eigenvalue weighted by molar-refractivity contribution is -0.133. The molecule has 0 fully saturated rings. The number of aliphatic hydroxyl groups is 2. The zero-order valence-electron chi connectivity index (χ0n) is 16.0. The Hall–Kier alpha value is -0.260. The second kappa shape index (κ2) is 20.1. The molecule has 1 atom stereocenters. The average Bonchev–Trinajstić information content (AvgIpc) is 2.58. The molecule has 25 heavy (non-hydrogen) atoms. The third-order valence-electron chi connectivity index (χ3n) is 4.48. The standard InChI is InChI=1S/C20H40O4S/c21-16-14-12-10-8-6-4-2-1-3-5-7-9-11-13-15-19(22)17-25-18-20(23)24/h19,21-22H,1-18H2,(H,23,24).